The van der Waals surface area contributed by atoms with Crippen LogP contribution in [0.2, 0.25) is 0 Å². The minimum absolute atomic E-state index is 0.0167. The summed E-state index contributed by atoms with van der Waals surface area (Å²) in [5.74, 6) is 0.685. The van der Waals surface area contributed by atoms with Crippen molar-refractivity contribution in [3.8, 4) is 0 Å². The smallest absolute Gasteiger partial charge is 0.267 e. The van der Waals surface area contributed by atoms with E-state index in [4.69, 9.17) is 4.52 Å². The molecule has 1 aliphatic heterocycles. The number of nitrogens with zero attached hydrogens (tertiary/aromatic N) is 2. The van der Waals surface area contributed by atoms with Crippen molar-refractivity contribution in [1.29, 1.82) is 0 Å². The molecule has 1 amide bonds. The fourth-order valence-corrected chi connectivity index (χ4v) is 3.67. The third-order valence-electron chi connectivity index (χ3n) is 5.32. The van der Waals surface area contributed by atoms with Gasteiger partial charge in [-0.3, -0.25) is 9.59 Å². The topological polar surface area (TPSA) is 77.1 Å². The predicted octanol–water partition coefficient (Wildman–Crippen LogP) is 4.05. The summed E-state index contributed by atoms with van der Waals surface area (Å²) >= 11 is 0. The average molecular weight is 379 g/mol. The van der Waals surface area contributed by atoms with E-state index < -0.39 is 0 Å². The lowest BCUT2D eigenvalue weighted by molar-refractivity contribution is 0.0950. The van der Waals surface area contributed by atoms with Crippen LogP contribution >= 0.6 is 0 Å². The Bertz CT molecular complexity index is 1070. The Morgan fingerprint density at radius 3 is 2.79 bits per heavy atom. The van der Waals surface area contributed by atoms with Crippen LogP contribution in [0.4, 0.5) is 0 Å². The van der Waals surface area contributed by atoms with Crippen molar-refractivity contribution in [1.82, 2.24) is 15.0 Å². The molecule has 1 unspecified atom stereocenters. The molecule has 0 fully saturated rings. The molecule has 1 aromatic carbocycles. The highest BCUT2D eigenvalue weighted by Gasteiger charge is 2.24. The molecule has 0 spiro atoms. The van der Waals surface area contributed by atoms with E-state index in [1.165, 1.54) is 0 Å². The van der Waals surface area contributed by atoms with Crippen LogP contribution < -0.4 is 5.32 Å². The Kier molecular flexibility index (Phi) is 4.37. The number of fused-ring (bicyclic) bond motifs is 3. The lowest BCUT2D eigenvalue weighted by atomic mass is 9.93. The van der Waals surface area contributed by atoms with Gasteiger partial charge in [0.05, 0.1) is 12.1 Å². The highest BCUT2D eigenvalue weighted by atomic mass is 16.5. The number of hydrogen-bond donors (Lipinski definition) is 1. The first-order chi connectivity index (χ1) is 13.2. The molecule has 0 saturated carbocycles. The maximum absolute atomic E-state index is 12.9. The number of aromatic nitrogens is 2. The maximum Gasteiger partial charge on any atom is 0.267 e. The molecule has 0 saturated heterocycles. The minimum Gasteiger partial charge on any atom is -0.361 e. The molecule has 3 heterocycles. The third-order valence-corrected chi connectivity index (χ3v) is 5.32. The highest BCUT2D eigenvalue weighted by Crippen LogP contribution is 2.29. The van der Waals surface area contributed by atoms with E-state index in [9.17, 15) is 9.59 Å². The van der Waals surface area contributed by atoms with Crippen LogP contribution in [-0.4, -0.2) is 28.0 Å². The van der Waals surface area contributed by atoms with Gasteiger partial charge in [0, 0.05) is 40.5 Å². The molecule has 146 valence electrons. The van der Waals surface area contributed by atoms with Gasteiger partial charge in [-0.2, -0.15) is 0 Å². The number of benzene rings is 1. The molecule has 6 nitrogen and oxygen atoms in total. The summed E-state index contributed by atoms with van der Waals surface area (Å²) in [5.41, 5.74) is 2.67. The maximum atomic E-state index is 12.9. The Morgan fingerprint density at radius 2 is 2.07 bits per heavy atom. The van der Waals surface area contributed by atoms with Crippen molar-refractivity contribution in [2.75, 3.05) is 6.54 Å². The van der Waals surface area contributed by atoms with Crippen molar-refractivity contribution >= 4 is 22.6 Å². The second-order valence-electron chi connectivity index (χ2n) is 8.60. The number of amides is 1. The second kappa shape index (κ2) is 6.62. The molecule has 0 aliphatic carbocycles. The van der Waals surface area contributed by atoms with E-state index >= 15 is 0 Å². The van der Waals surface area contributed by atoms with E-state index in [-0.39, 0.29) is 29.6 Å². The van der Waals surface area contributed by atoms with Crippen LogP contribution in [0.15, 0.2) is 34.9 Å². The number of nitrogens with one attached hydrogen (secondary N) is 1. The van der Waals surface area contributed by atoms with Crippen LogP contribution in [0.1, 0.15) is 72.5 Å². The average Bonchev–Trinajstić information content (AvgIpc) is 3.22. The summed E-state index contributed by atoms with van der Waals surface area (Å²) in [6.07, 6.45) is 1.05. The zero-order valence-electron chi connectivity index (χ0n) is 16.7. The van der Waals surface area contributed by atoms with E-state index in [1.54, 1.807) is 0 Å². The van der Waals surface area contributed by atoms with E-state index in [1.807, 2.05) is 55.7 Å². The SMILES string of the molecule is CC1CCNC(=O)c2cc3ccc(C(=O)Cc4cc(C(C)(C)C)on4)cc3n21. The highest BCUT2D eigenvalue weighted by molar-refractivity contribution is 6.03. The van der Waals surface area contributed by atoms with Gasteiger partial charge >= 0.3 is 0 Å². The number of carbonyl (C=O) groups excluding carboxylic acids is 2. The van der Waals surface area contributed by atoms with Gasteiger partial charge in [0.2, 0.25) is 0 Å². The first-order valence-electron chi connectivity index (χ1n) is 9.66. The lowest BCUT2D eigenvalue weighted by Crippen LogP contribution is -2.22. The molecular formula is C22H25N3O3. The molecule has 1 aliphatic rings. The normalized spacial score (nSPS) is 17.3. The quantitative estimate of drug-likeness (QED) is 0.697. The van der Waals surface area contributed by atoms with Crippen molar-refractivity contribution in [3.05, 3.63) is 53.0 Å². The Labute approximate surface area is 163 Å². The summed E-state index contributed by atoms with van der Waals surface area (Å²) in [4.78, 5) is 25.2. The Hall–Kier alpha value is -2.89. The van der Waals surface area contributed by atoms with Gasteiger partial charge in [-0.05, 0) is 25.5 Å². The van der Waals surface area contributed by atoms with Crippen molar-refractivity contribution in [3.63, 3.8) is 0 Å². The van der Waals surface area contributed by atoms with Crippen LogP contribution in [0.25, 0.3) is 10.9 Å². The number of rotatable bonds is 3. The van der Waals surface area contributed by atoms with Crippen molar-refractivity contribution in [2.24, 2.45) is 0 Å². The zero-order chi connectivity index (χ0) is 20.1. The summed E-state index contributed by atoms with van der Waals surface area (Å²) in [6, 6.07) is 9.55. The van der Waals surface area contributed by atoms with Crippen LogP contribution in [0, 0.1) is 0 Å². The summed E-state index contributed by atoms with van der Waals surface area (Å²) < 4.78 is 7.43. The Morgan fingerprint density at radius 1 is 1.29 bits per heavy atom. The van der Waals surface area contributed by atoms with Crippen molar-refractivity contribution < 1.29 is 14.1 Å². The second-order valence-corrected chi connectivity index (χ2v) is 8.60. The van der Waals surface area contributed by atoms with Gasteiger partial charge in [-0.25, -0.2) is 0 Å². The van der Waals surface area contributed by atoms with Gasteiger partial charge in [-0.15, -0.1) is 0 Å². The van der Waals surface area contributed by atoms with Crippen molar-refractivity contribution in [2.45, 2.75) is 52.0 Å². The minimum atomic E-state index is -0.145. The molecule has 6 heteroatoms. The van der Waals surface area contributed by atoms with Gasteiger partial charge in [0.1, 0.15) is 11.5 Å². The van der Waals surface area contributed by atoms with Gasteiger partial charge in [0.15, 0.2) is 5.78 Å². The number of carbonyl (C=O) groups is 2. The van der Waals surface area contributed by atoms with E-state index in [0.29, 0.717) is 23.5 Å². The van der Waals surface area contributed by atoms with Gasteiger partial charge in [-0.1, -0.05) is 38.1 Å². The molecule has 1 atom stereocenters. The summed E-state index contributed by atoms with van der Waals surface area (Å²) in [6.45, 7) is 8.89. The molecule has 0 bridgehead atoms. The fourth-order valence-electron chi connectivity index (χ4n) is 3.67. The molecular weight excluding hydrogens is 354 g/mol. The first-order valence-corrected chi connectivity index (χ1v) is 9.66. The van der Waals surface area contributed by atoms with Crippen LogP contribution in [-0.2, 0) is 11.8 Å². The molecule has 1 N–H and O–H groups in total. The standard InChI is InChI=1S/C22H25N3O3/c1-13-7-8-23-21(27)18-9-14-5-6-15(10-17(14)25(13)18)19(26)11-16-12-20(28-24-16)22(2,3)4/h5-6,9-10,12-13H,7-8,11H2,1-4H3,(H,23,27). The van der Waals surface area contributed by atoms with Crippen LogP contribution in [0.5, 0.6) is 0 Å². The summed E-state index contributed by atoms with van der Waals surface area (Å²) in [5, 5.41) is 7.95. The van der Waals surface area contributed by atoms with E-state index in [2.05, 4.69) is 17.4 Å². The summed E-state index contributed by atoms with van der Waals surface area (Å²) in [7, 11) is 0. The zero-order valence-corrected chi connectivity index (χ0v) is 16.7. The molecule has 4 rings (SSSR count). The molecule has 28 heavy (non-hydrogen) atoms. The van der Waals surface area contributed by atoms with Gasteiger partial charge < -0.3 is 14.4 Å². The molecule has 0 radical (unpaired) electrons. The fraction of sp³-hybridized carbons (Fsp3) is 0.409. The number of Topliss-reactive ketones (excluding diaryl/α,β-unsaturated/α-hetero) is 1. The number of ketones is 1. The van der Waals surface area contributed by atoms with Gasteiger partial charge in [0.25, 0.3) is 5.91 Å². The largest absolute Gasteiger partial charge is 0.361 e. The van der Waals surface area contributed by atoms with Crippen LogP contribution in [0.3, 0.4) is 0 Å². The molecule has 3 aromatic rings. The Balaban J connectivity index is 1.67. The molecule has 2 aromatic heterocycles. The lowest BCUT2D eigenvalue weighted by Gasteiger charge is -2.14. The first kappa shape index (κ1) is 18.5. The third kappa shape index (κ3) is 3.23. The number of hydrogen-bond acceptors (Lipinski definition) is 4. The predicted molar refractivity (Wildman–Crippen MR) is 107 cm³/mol. The monoisotopic (exact) mass is 379 g/mol. The van der Waals surface area contributed by atoms with E-state index in [0.717, 1.165) is 23.1 Å².